The number of halogens is 2. The number of rotatable bonds is 7. The first-order valence-electron chi connectivity index (χ1n) is 6.05. The van der Waals surface area contributed by atoms with Gasteiger partial charge in [-0.05, 0) is 33.3 Å². The third kappa shape index (κ3) is 4.20. The number of nitrogens with one attached hydrogen (secondary N) is 2. The molecule has 0 bridgehead atoms. The SMILES string of the molecule is CNCc1c(F)ccc(S(=O)(=O)NCCN(C)C)c1F. The van der Waals surface area contributed by atoms with Crippen molar-refractivity contribution in [3.8, 4) is 0 Å². The number of sulfonamides is 1. The minimum atomic E-state index is -3.99. The van der Waals surface area contributed by atoms with E-state index in [9.17, 15) is 17.2 Å². The van der Waals surface area contributed by atoms with Crippen LogP contribution in [0.1, 0.15) is 5.56 Å². The van der Waals surface area contributed by atoms with E-state index in [1.165, 1.54) is 7.05 Å². The first kappa shape index (κ1) is 17.0. The van der Waals surface area contributed by atoms with E-state index in [-0.39, 0.29) is 18.7 Å². The average molecular weight is 307 g/mol. The molecule has 0 spiro atoms. The van der Waals surface area contributed by atoms with Gasteiger partial charge in [-0.15, -0.1) is 0 Å². The third-order valence-corrected chi connectivity index (χ3v) is 4.12. The highest BCUT2D eigenvalue weighted by Crippen LogP contribution is 2.20. The quantitative estimate of drug-likeness (QED) is 0.771. The fourth-order valence-corrected chi connectivity index (χ4v) is 2.73. The van der Waals surface area contributed by atoms with Crippen LogP contribution in [0.3, 0.4) is 0 Å². The predicted molar refractivity (Wildman–Crippen MR) is 72.9 cm³/mol. The lowest BCUT2D eigenvalue weighted by Gasteiger charge is -2.13. The Morgan fingerprint density at radius 1 is 1.25 bits per heavy atom. The Labute approximate surface area is 118 Å². The molecule has 0 saturated carbocycles. The number of nitrogens with zero attached hydrogens (tertiary/aromatic N) is 1. The molecule has 0 unspecified atom stereocenters. The minimum absolute atomic E-state index is 0.0846. The molecule has 8 heteroatoms. The monoisotopic (exact) mass is 307 g/mol. The molecular formula is C12H19F2N3O2S. The van der Waals surface area contributed by atoms with Gasteiger partial charge >= 0.3 is 0 Å². The molecule has 2 N–H and O–H groups in total. The fourth-order valence-electron chi connectivity index (χ4n) is 1.60. The predicted octanol–water partition coefficient (Wildman–Crippen LogP) is 0.524. The lowest BCUT2D eigenvalue weighted by molar-refractivity contribution is 0.412. The van der Waals surface area contributed by atoms with Crippen LogP contribution in [-0.2, 0) is 16.6 Å². The Bertz CT molecular complexity index is 562. The Morgan fingerprint density at radius 3 is 2.45 bits per heavy atom. The molecule has 114 valence electrons. The van der Waals surface area contributed by atoms with Gasteiger partial charge in [0.2, 0.25) is 10.0 Å². The minimum Gasteiger partial charge on any atom is -0.315 e. The average Bonchev–Trinajstić information content (AvgIpc) is 2.33. The zero-order valence-electron chi connectivity index (χ0n) is 11.7. The second-order valence-corrected chi connectivity index (χ2v) is 6.30. The summed E-state index contributed by atoms with van der Waals surface area (Å²) in [5.74, 6) is -1.83. The number of hydrogen-bond donors (Lipinski definition) is 2. The highest BCUT2D eigenvalue weighted by Gasteiger charge is 2.22. The summed E-state index contributed by atoms with van der Waals surface area (Å²) in [6, 6.07) is 1.89. The third-order valence-electron chi connectivity index (χ3n) is 2.64. The Hall–Kier alpha value is -1.09. The van der Waals surface area contributed by atoms with Crippen molar-refractivity contribution >= 4 is 10.0 Å². The molecule has 0 fully saturated rings. The molecule has 20 heavy (non-hydrogen) atoms. The maximum atomic E-state index is 14.1. The van der Waals surface area contributed by atoms with E-state index >= 15 is 0 Å². The van der Waals surface area contributed by atoms with Crippen LogP contribution >= 0.6 is 0 Å². The highest BCUT2D eigenvalue weighted by molar-refractivity contribution is 7.89. The number of benzene rings is 1. The Balaban J connectivity index is 3.03. The van der Waals surface area contributed by atoms with Crippen LogP contribution in [0.5, 0.6) is 0 Å². The topological polar surface area (TPSA) is 61.4 Å². The van der Waals surface area contributed by atoms with Crippen molar-refractivity contribution in [3.63, 3.8) is 0 Å². The van der Waals surface area contributed by atoms with Gasteiger partial charge < -0.3 is 10.2 Å². The molecule has 0 amide bonds. The summed E-state index contributed by atoms with van der Waals surface area (Å²) in [5, 5.41) is 2.60. The molecule has 0 aromatic heterocycles. The maximum Gasteiger partial charge on any atom is 0.243 e. The zero-order chi connectivity index (χ0) is 15.3. The van der Waals surface area contributed by atoms with Gasteiger partial charge in [-0.25, -0.2) is 21.9 Å². The van der Waals surface area contributed by atoms with Gasteiger partial charge in [0.1, 0.15) is 10.7 Å². The van der Waals surface area contributed by atoms with Crippen LogP contribution in [0.2, 0.25) is 0 Å². The van der Waals surface area contributed by atoms with E-state index in [0.717, 1.165) is 12.1 Å². The molecule has 0 aliphatic carbocycles. The van der Waals surface area contributed by atoms with Crippen molar-refractivity contribution in [1.82, 2.24) is 14.9 Å². The van der Waals surface area contributed by atoms with Crippen LogP contribution in [0.15, 0.2) is 17.0 Å². The highest BCUT2D eigenvalue weighted by atomic mass is 32.2. The number of hydrogen-bond acceptors (Lipinski definition) is 4. The first-order chi connectivity index (χ1) is 9.29. The lowest BCUT2D eigenvalue weighted by Crippen LogP contribution is -2.32. The van der Waals surface area contributed by atoms with Gasteiger partial charge in [0.05, 0.1) is 0 Å². The summed E-state index contributed by atoms with van der Waals surface area (Å²) in [6.45, 7) is 0.539. The van der Waals surface area contributed by atoms with E-state index in [2.05, 4.69) is 10.0 Å². The Morgan fingerprint density at radius 2 is 1.90 bits per heavy atom. The summed E-state index contributed by atoms with van der Waals surface area (Å²) < 4.78 is 53.8. The van der Waals surface area contributed by atoms with Crippen molar-refractivity contribution in [2.24, 2.45) is 0 Å². The second-order valence-electron chi connectivity index (χ2n) is 4.57. The van der Waals surface area contributed by atoms with E-state index in [1.54, 1.807) is 19.0 Å². The maximum absolute atomic E-state index is 14.1. The summed E-state index contributed by atoms with van der Waals surface area (Å²) in [7, 11) is 1.11. The second kappa shape index (κ2) is 7.07. The van der Waals surface area contributed by atoms with E-state index < -0.39 is 26.6 Å². The summed E-state index contributed by atoms with van der Waals surface area (Å²) in [6.07, 6.45) is 0. The van der Waals surface area contributed by atoms with Gasteiger partial charge in [-0.1, -0.05) is 0 Å². The molecule has 0 saturated heterocycles. The van der Waals surface area contributed by atoms with Crippen LogP contribution < -0.4 is 10.0 Å². The number of likely N-dealkylation sites (N-methyl/N-ethyl adjacent to an activating group) is 1. The van der Waals surface area contributed by atoms with Gasteiger partial charge in [0, 0.05) is 25.2 Å². The van der Waals surface area contributed by atoms with E-state index in [0.29, 0.717) is 6.54 Å². The van der Waals surface area contributed by atoms with E-state index in [1.807, 2.05) is 0 Å². The summed E-state index contributed by atoms with van der Waals surface area (Å²) in [4.78, 5) is 1.25. The van der Waals surface area contributed by atoms with Gasteiger partial charge in [-0.3, -0.25) is 0 Å². The van der Waals surface area contributed by atoms with Crippen LogP contribution in [0.25, 0.3) is 0 Å². The largest absolute Gasteiger partial charge is 0.315 e. The molecule has 0 heterocycles. The Kier molecular flexibility index (Phi) is 6.00. The van der Waals surface area contributed by atoms with Crippen molar-refractivity contribution in [3.05, 3.63) is 29.3 Å². The van der Waals surface area contributed by atoms with Crippen LogP contribution in [-0.4, -0.2) is 47.6 Å². The molecule has 5 nitrogen and oxygen atoms in total. The van der Waals surface area contributed by atoms with Crippen LogP contribution in [0.4, 0.5) is 8.78 Å². The summed E-state index contributed by atoms with van der Waals surface area (Å²) in [5.41, 5.74) is -0.289. The van der Waals surface area contributed by atoms with Gasteiger partial charge in [0.25, 0.3) is 0 Å². The molecule has 1 aromatic carbocycles. The standard InChI is InChI=1S/C12H19F2N3O2S/c1-15-8-9-10(13)4-5-11(12(9)14)20(18,19)16-6-7-17(2)3/h4-5,15-16H,6-8H2,1-3H3. The van der Waals surface area contributed by atoms with Crippen molar-refractivity contribution in [1.29, 1.82) is 0 Å². The summed E-state index contributed by atoms with van der Waals surface area (Å²) >= 11 is 0. The molecule has 1 rings (SSSR count). The van der Waals surface area contributed by atoms with Crippen molar-refractivity contribution in [2.75, 3.05) is 34.2 Å². The van der Waals surface area contributed by atoms with Gasteiger partial charge in [-0.2, -0.15) is 0 Å². The molecular weight excluding hydrogens is 288 g/mol. The molecule has 0 atom stereocenters. The van der Waals surface area contributed by atoms with Crippen molar-refractivity contribution < 1.29 is 17.2 Å². The van der Waals surface area contributed by atoms with E-state index in [4.69, 9.17) is 0 Å². The van der Waals surface area contributed by atoms with Crippen molar-refractivity contribution in [2.45, 2.75) is 11.4 Å². The molecule has 0 radical (unpaired) electrons. The molecule has 1 aromatic rings. The molecule has 0 aliphatic heterocycles. The van der Waals surface area contributed by atoms with Gasteiger partial charge in [0.15, 0.2) is 5.82 Å². The first-order valence-corrected chi connectivity index (χ1v) is 7.53. The zero-order valence-corrected chi connectivity index (χ0v) is 12.5. The smallest absolute Gasteiger partial charge is 0.243 e. The molecule has 0 aliphatic rings. The normalized spacial score (nSPS) is 12.1. The van der Waals surface area contributed by atoms with Crippen LogP contribution in [0, 0.1) is 11.6 Å². The fraction of sp³-hybridized carbons (Fsp3) is 0.500. The lowest BCUT2D eigenvalue weighted by atomic mass is 10.2.